The van der Waals surface area contributed by atoms with Crippen LogP contribution < -0.4 is 10.6 Å². The first kappa shape index (κ1) is 14.4. The number of hydrogen-bond acceptors (Lipinski definition) is 3. The SMILES string of the molecule is O=C1C=c2ccccc2=N1.c1ccsc1.c1ccsc1. The van der Waals surface area contributed by atoms with Crippen LogP contribution in [0.3, 0.4) is 0 Å². The third-order valence-corrected chi connectivity index (χ3v) is 3.55. The van der Waals surface area contributed by atoms with Crippen LogP contribution in [0.15, 0.2) is 75.0 Å². The highest BCUT2D eigenvalue weighted by atomic mass is 32.1. The number of fused-ring (bicyclic) bond motifs is 1. The molecule has 0 N–H and O–H groups in total. The van der Waals surface area contributed by atoms with Crippen LogP contribution in [-0.4, -0.2) is 5.91 Å². The van der Waals surface area contributed by atoms with Gasteiger partial charge in [-0.05, 0) is 27.6 Å². The molecule has 4 rings (SSSR count). The Morgan fingerprint density at radius 1 is 0.750 bits per heavy atom. The van der Waals surface area contributed by atoms with Gasteiger partial charge in [0.15, 0.2) is 0 Å². The fourth-order valence-electron chi connectivity index (χ4n) is 1.45. The monoisotopic (exact) mass is 299 g/mol. The number of carbonyl (C=O) groups excluding carboxylic acids is 1. The second-order valence-corrected chi connectivity index (χ2v) is 5.37. The Morgan fingerprint density at radius 2 is 1.30 bits per heavy atom. The Bertz CT molecular complexity index is 633. The minimum absolute atomic E-state index is 0.152. The summed E-state index contributed by atoms with van der Waals surface area (Å²) in [5.74, 6) is -0.152. The Kier molecular flexibility index (Phi) is 5.89. The first-order valence-corrected chi connectivity index (χ1v) is 7.88. The van der Waals surface area contributed by atoms with Gasteiger partial charge < -0.3 is 0 Å². The predicted octanol–water partition coefficient (Wildman–Crippen LogP) is 3.12. The molecule has 1 aromatic carbocycles. The number of amides is 1. The first-order chi connectivity index (χ1) is 9.86. The van der Waals surface area contributed by atoms with E-state index in [1.807, 2.05) is 70.1 Å². The molecule has 1 amide bonds. The van der Waals surface area contributed by atoms with Crippen LogP contribution in [0.5, 0.6) is 0 Å². The summed E-state index contributed by atoms with van der Waals surface area (Å²) in [5.41, 5.74) is 0. The first-order valence-electron chi connectivity index (χ1n) is 6.00. The van der Waals surface area contributed by atoms with E-state index in [1.165, 1.54) is 6.08 Å². The molecule has 0 radical (unpaired) electrons. The highest BCUT2D eigenvalue weighted by molar-refractivity contribution is 7.08. The number of carbonyl (C=O) groups is 1. The maximum atomic E-state index is 10.7. The molecule has 4 heteroatoms. The fraction of sp³-hybridized carbons (Fsp3) is 0. The van der Waals surface area contributed by atoms with Gasteiger partial charge in [-0.3, -0.25) is 4.79 Å². The van der Waals surface area contributed by atoms with Crippen molar-refractivity contribution >= 4 is 34.7 Å². The van der Waals surface area contributed by atoms with Gasteiger partial charge in [-0.25, -0.2) is 4.99 Å². The zero-order chi connectivity index (χ0) is 14.0. The number of benzene rings is 1. The Balaban J connectivity index is 0.000000124. The van der Waals surface area contributed by atoms with Crippen molar-refractivity contribution in [3.8, 4) is 0 Å². The van der Waals surface area contributed by atoms with E-state index in [2.05, 4.69) is 4.99 Å². The molecule has 0 unspecified atom stereocenters. The van der Waals surface area contributed by atoms with Gasteiger partial charge in [0.1, 0.15) is 0 Å². The van der Waals surface area contributed by atoms with Crippen molar-refractivity contribution in [2.75, 3.05) is 0 Å². The van der Waals surface area contributed by atoms with Crippen molar-refractivity contribution in [2.45, 2.75) is 0 Å². The van der Waals surface area contributed by atoms with Gasteiger partial charge in [0.05, 0.1) is 5.36 Å². The molecule has 1 aliphatic heterocycles. The van der Waals surface area contributed by atoms with E-state index < -0.39 is 0 Å². The maximum Gasteiger partial charge on any atom is 0.270 e. The summed E-state index contributed by atoms with van der Waals surface area (Å²) in [7, 11) is 0. The lowest BCUT2D eigenvalue weighted by Crippen LogP contribution is -2.19. The maximum absolute atomic E-state index is 10.7. The van der Waals surface area contributed by atoms with Gasteiger partial charge in [-0.1, -0.05) is 42.5 Å². The smallest absolute Gasteiger partial charge is 0.267 e. The van der Waals surface area contributed by atoms with Gasteiger partial charge in [0, 0.05) is 11.3 Å². The minimum Gasteiger partial charge on any atom is -0.267 e. The van der Waals surface area contributed by atoms with Gasteiger partial charge in [0.2, 0.25) is 0 Å². The van der Waals surface area contributed by atoms with E-state index >= 15 is 0 Å². The van der Waals surface area contributed by atoms with Crippen LogP contribution in [0.1, 0.15) is 0 Å². The summed E-state index contributed by atoms with van der Waals surface area (Å²) in [4.78, 5) is 14.4. The summed E-state index contributed by atoms with van der Waals surface area (Å²) in [6.07, 6.45) is 1.54. The molecular weight excluding hydrogens is 286 g/mol. The quantitative estimate of drug-likeness (QED) is 0.627. The van der Waals surface area contributed by atoms with Crippen molar-refractivity contribution in [2.24, 2.45) is 4.99 Å². The summed E-state index contributed by atoms with van der Waals surface area (Å²) in [5, 5.41) is 9.87. The lowest BCUT2D eigenvalue weighted by Gasteiger charge is -1.77. The summed E-state index contributed by atoms with van der Waals surface area (Å²) in [6.45, 7) is 0. The van der Waals surface area contributed by atoms with Crippen molar-refractivity contribution in [1.29, 1.82) is 0 Å². The van der Waals surface area contributed by atoms with Crippen molar-refractivity contribution in [3.05, 3.63) is 80.6 Å². The van der Waals surface area contributed by atoms with Crippen molar-refractivity contribution in [1.82, 2.24) is 0 Å². The average Bonchev–Trinajstić information content (AvgIpc) is 3.23. The number of rotatable bonds is 0. The van der Waals surface area contributed by atoms with Crippen LogP contribution in [0.2, 0.25) is 0 Å². The standard InChI is InChI=1S/C8H5NO.2C4H4S/c10-8-5-6-3-1-2-4-7(6)9-8;2*1-2-4-5-3-1/h1-5H;2*1-4H. The van der Waals surface area contributed by atoms with Crippen LogP contribution in [-0.2, 0) is 4.79 Å². The summed E-state index contributed by atoms with van der Waals surface area (Å²) >= 11 is 3.43. The zero-order valence-electron chi connectivity index (χ0n) is 10.7. The average molecular weight is 299 g/mol. The van der Waals surface area contributed by atoms with Gasteiger partial charge in [-0.15, -0.1) is 0 Å². The van der Waals surface area contributed by atoms with E-state index in [4.69, 9.17) is 0 Å². The van der Waals surface area contributed by atoms with E-state index in [-0.39, 0.29) is 5.91 Å². The molecule has 0 saturated carbocycles. The molecule has 1 aliphatic rings. The van der Waals surface area contributed by atoms with Crippen LogP contribution in [0.25, 0.3) is 6.08 Å². The molecule has 0 fully saturated rings. The van der Waals surface area contributed by atoms with E-state index in [9.17, 15) is 4.79 Å². The molecule has 3 aromatic rings. The highest BCUT2D eigenvalue weighted by Crippen LogP contribution is 1.92. The van der Waals surface area contributed by atoms with Gasteiger partial charge in [-0.2, -0.15) is 22.7 Å². The number of thiophene rings is 2. The Labute approximate surface area is 125 Å². The summed E-state index contributed by atoms with van der Waals surface area (Å²) < 4.78 is 0. The van der Waals surface area contributed by atoms with E-state index in [0.29, 0.717) is 0 Å². The van der Waals surface area contributed by atoms with E-state index in [1.54, 1.807) is 22.7 Å². The molecule has 20 heavy (non-hydrogen) atoms. The number of nitrogens with zero attached hydrogens (tertiary/aromatic N) is 1. The lowest BCUT2D eigenvalue weighted by atomic mass is 10.3. The molecule has 3 heterocycles. The molecule has 100 valence electrons. The van der Waals surface area contributed by atoms with Crippen LogP contribution >= 0.6 is 22.7 Å². The Hall–Kier alpha value is -2.04. The zero-order valence-corrected chi connectivity index (χ0v) is 12.3. The molecule has 2 aromatic heterocycles. The molecule has 0 bridgehead atoms. The fourth-order valence-corrected chi connectivity index (χ4v) is 2.36. The van der Waals surface area contributed by atoms with Crippen molar-refractivity contribution < 1.29 is 4.79 Å². The molecule has 0 saturated heterocycles. The van der Waals surface area contributed by atoms with Crippen molar-refractivity contribution in [3.63, 3.8) is 0 Å². The van der Waals surface area contributed by atoms with Gasteiger partial charge in [0.25, 0.3) is 5.91 Å². The molecule has 0 aliphatic carbocycles. The predicted molar refractivity (Wildman–Crippen MR) is 85.3 cm³/mol. The molecule has 0 spiro atoms. The van der Waals surface area contributed by atoms with Crippen LogP contribution in [0.4, 0.5) is 0 Å². The highest BCUT2D eigenvalue weighted by Gasteiger charge is 1.99. The normalized spacial score (nSPS) is 10.9. The van der Waals surface area contributed by atoms with E-state index in [0.717, 1.165) is 10.6 Å². The number of hydrogen-bond donors (Lipinski definition) is 0. The lowest BCUT2D eigenvalue weighted by molar-refractivity contribution is -0.112. The third kappa shape index (κ3) is 4.91. The Morgan fingerprint density at radius 3 is 1.75 bits per heavy atom. The number of para-hydroxylation sites is 1. The molecule has 2 nitrogen and oxygen atoms in total. The largest absolute Gasteiger partial charge is 0.270 e. The summed E-state index contributed by atoms with van der Waals surface area (Å²) in [6, 6.07) is 15.5. The third-order valence-electron chi connectivity index (χ3n) is 2.30. The second kappa shape index (κ2) is 8.19. The van der Waals surface area contributed by atoms with Gasteiger partial charge >= 0.3 is 0 Å². The second-order valence-electron chi connectivity index (χ2n) is 3.74. The minimum atomic E-state index is -0.152. The molecule has 0 atom stereocenters. The topological polar surface area (TPSA) is 29.4 Å². The molecular formula is C16H13NOS2. The van der Waals surface area contributed by atoms with Crippen LogP contribution in [0, 0.1) is 0 Å².